The molecule has 4 N–H and O–H groups in total. The van der Waals surface area contributed by atoms with E-state index in [0.717, 1.165) is 34.0 Å². The van der Waals surface area contributed by atoms with Crippen molar-refractivity contribution < 1.29 is 14.3 Å². The van der Waals surface area contributed by atoms with E-state index < -0.39 is 0 Å². The molecule has 1 aliphatic heterocycles. The molecule has 3 heterocycles. The smallest absolute Gasteiger partial charge is 0.251 e. The molecule has 8 heteroatoms. The second-order valence-corrected chi connectivity index (χ2v) is 9.60. The maximum Gasteiger partial charge on any atom is 0.251 e. The summed E-state index contributed by atoms with van der Waals surface area (Å²) in [4.78, 5) is 17.8. The molecule has 2 aromatic heterocycles. The SMILES string of the molecule is CC(C)(C)Nc1c(-c2ccc3c(c2)OCO3)nc2cc(C(=O)NCc3cccc(CN)c3)ccn12. The van der Waals surface area contributed by atoms with Crippen LogP contribution in [0.15, 0.2) is 60.8 Å². The lowest BCUT2D eigenvalue weighted by molar-refractivity contribution is 0.0951. The van der Waals surface area contributed by atoms with Gasteiger partial charge >= 0.3 is 0 Å². The average molecular weight is 472 g/mol. The monoisotopic (exact) mass is 471 g/mol. The summed E-state index contributed by atoms with van der Waals surface area (Å²) < 4.78 is 13.0. The molecule has 35 heavy (non-hydrogen) atoms. The highest BCUT2D eigenvalue weighted by Crippen LogP contribution is 2.38. The number of amides is 1. The maximum absolute atomic E-state index is 12.9. The summed E-state index contributed by atoms with van der Waals surface area (Å²) in [5.74, 6) is 2.10. The van der Waals surface area contributed by atoms with E-state index in [4.69, 9.17) is 20.2 Å². The molecule has 0 spiro atoms. The number of ether oxygens (including phenoxy) is 2. The Hall–Kier alpha value is -4.04. The highest BCUT2D eigenvalue weighted by molar-refractivity contribution is 5.95. The number of nitrogens with zero attached hydrogens (tertiary/aromatic N) is 2. The molecular weight excluding hydrogens is 442 g/mol. The molecule has 2 aromatic carbocycles. The fourth-order valence-corrected chi connectivity index (χ4v) is 4.06. The lowest BCUT2D eigenvalue weighted by Gasteiger charge is -2.22. The zero-order valence-corrected chi connectivity index (χ0v) is 20.1. The molecule has 5 rings (SSSR count). The number of hydrogen-bond donors (Lipinski definition) is 3. The normalized spacial score (nSPS) is 12.7. The molecule has 0 aliphatic carbocycles. The van der Waals surface area contributed by atoms with Crippen molar-refractivity contribution in [3.8, 4) is 22.8 Å². The Morgan fingerprint density at radius 3 is 2.66 bits per heavy atom. The first kappa shape index (κ1) is 22.7. The number of pyridine rings is 1. The van der Waals surface area contributed by atoms with E-state index in [-0.39, 0.29) is 18.2 Å². The van der Waals surface area contributed by atoms with E-state index in [0.29, 0.717) is 30.0 Å². The minimum atomic E-state index is -0.199. The molecule has 8 nitrogen and oxygen atoms in total. The van der Waals surface area contributed by atoms with Crippen LogP contribution < -0.4 is 25.8 Å². The van der Waals surface area contributed by atoms with Gasteiger partial charge in [0.1, 0.15) is 17.2 Å². The minimum absolute atomic E-state index is 0.163. The van der Waals surface area contributed by atoms with Crippen LogP contribution in [0.1, 0.15) is 42.3 Å². The summed E-state index contributed by atoms with van der Waals surface area (Å²) in [6.45, 7) is 7.39. The number of anilines is 1. The Bertz CT molecular complexity index is 1400. The summed E-state index contributed by atoms with van der Waals surface area (Å²) in [5, 5.41) is 6.55. The molecule has 0 atom stereocenters. The van der Waals surface area contributed by atoms with Crippen molar-refractivity contribution in [1.82, 2.24) is 14.7 Å². The molecule has 0 bridgehead atoms. The number of nitrogens with one attached hydrogen (secondary N) is 2. The van der Waals surface area contributed by atoms with Crippen molar-refractivity contribution >= 4 is 17.4 Å². The fourth-order valence-electron chi connectivity index (χ4n) is 4.06. The van der Waals surface area contributed by atoms with Crippen molar-refractivity contribution in [2.45, 2.75) is 39.4 Å². The first-order valence-corrected chi connectivity index (χ1v) is 11.6. The van der Waals surface area contributed by atoms with Crippen LogP contribution in [0.3, 0.4) is 0 Å². The maximum atomic E-state index is 12.9. The molecular formula is C27H29N5O3. The Labute approximate surface area is 204 Å². The van der Waals surface area contributed by atoms with Gasteiger partial charge in [0, 0.05) is 36.0 Å². The standard InChI is InChI=1S/C27H29N5O3/c1-27(2,3)31-25-24(19-7-8-21-22(12-19)35-16-34-21)30-23-13-20(9-10-32(23)25)26(33)29-15-18-6-4-5-17(11-18)14-28/h4-13,31H,14-16,28H2,1-3H3,(H,29,33). The third kappa shape index (κ3) is 4.79. The van der Waals surface area contributed by atoms with Gasteiger partial charge in [0.25, 0.3) is 5.91 Å². The van der Waals surface area contributed by atoms with Crippen LogP contribution in [0.4, 0.5) is 5.82 Å². The summed E-state index contributed by atoms with van der Waals surface area (Å²) in [7, 11) is 0. The first-order chi connectivity index (χ1) is 16.8. The summed E-state index contributed by atoms with van der Waals surface area (Å²) in [5.41, 5.74) is 10.4. The number of imidazole rings is 1. The van der Waals surface area contributed by atoms with Crippen LogP contribution in [0.25, 0.3) is 16.9 Å². The van der Waals surface area contributed by atoms with Gasteiger partial charge in [0.15, 0.2) is 11.5 Å². The lowest BCUT2D eigenvalue weighted by atomic mass is 10.1. The Morgan fingerprint density at radius 1 is 1.06 bits per heavy atom. The van der Waals surface area contributed by atoms with Crippen LogP contribution in [-0.2, 0) is 13.1 Å². The van der Waals surface area contributed by atoms with Gasteiger partial charge in [-0.1, -0.05) is 24.3 Å². The van der Waals surface area contributed by atoms with Crippen LogP contribution in [0, 0.1) is 0 Å². The predicted molar refractivity (Wildman–Crippen MR) is 136 cm³/mol. The summed E-state index contributed by atoms with van der Waals surface area (Å²) in [6, 6.07) is 17.3. The molecule has 0 unspecified atom stereocenters. The highest BCUT2D eigenvalue weighted by Gasteiger charge is 2.22. The van der Waals surface area contributed by atoms with Gasteiger partial charge in [-0.3, -0.25) is 9.20 Å². The van der Waals surface area contributed by atoms with E-state index >= 15 is 0 Å². The number of benzene rings is 2. The Morgan fingerprint density at radius 2 is 1.86 bits per heavy atom. The number of rotatable bonds is 6. The zero-order chi connectivity index (χ0) is 24.6. The number of hydrogen-bond acceptors (Lipinski definition) is 6. The van der Waals surface area contributed by atoms with Crippen molar-refractivity contribution in [3.63, 3.8) is 0 Å². The Kier molecular flexibility index (Phi) is 5.82. The number of aromatic nitrogens is 2. The van der Waals surface area contributed by atoms with Crippen LogP contribution in [-0.4, -0.2) is 27.6 Å². The molecule has 0 radical (unpaired) electrons. The van der Waals surface area contributed by atoms with Gasteiger partial charge in [-0.2, -0.15) is 0 Å². The quantitative estimate of drug-likeness (QED) is 0.387. The fraction of sp³-hybridized carbons (Fsp3) is 0.259. The molecule has 1 aliphatic rings. The highest BCUT2D eigenvalue weighted by atomic mass is 16.7. The number of fused-ring (bicyclic) bond motifs is 2. The van der Waals surface area contributed by atoms with E-state index in [1.807, 2.05) is 53.1 Å². The van der Waals surface area contributed by atoms with Gasteiger partial charge in [0.05, 0.1) is 0 Å². The third-order valence-electron chi connectivity index (χ3n) is 5.71. The number of carbonyl (C=O) groups excluding carboxylic acids is 1. The second-order valence-electron chi connectivity index (χ2n) is 9.60. The molecule has 180 valence electrons. The zero-order valence-electron chi connectivity index (χ0n) is 20.1. The summed E-state index contributed by atoms with van der Waals surface area (Å²) in [6.07, 6.45) is 1.87. The van der Waals surface area contributed by atoms with Gasteiger partial charge in [-0.25, -0.2) is 4.98 Å². The van der Waals surface area contributed by atoms with Gasteiger partial charge in [0.2, 0.25) is 6.79 Å². The van der Waals surface area contributed by atoms with Crippen LogP contribution in [0.5, 0.6) is 11.5 Å². The Balaban J connectivity index is 1.46. The predicted octanol–water partition coefficient (Wildman–Crippen LogP) is 4.33. The van der Waals surface area contributed by atoms with Crippen molar-refractivity contribution in [1.29, 1.82) is 0 Å². The second kappa shape index (κ2) is 8.96. The van der Waals surface area contributed by atoms with Gasteiger partial charge < -0.3 is 25.8 Å². The third-order valence-corrected chi connectivity index (χ3v) is 5.71. The van der Waals surface area contributed by atoms with Gasteiger partial charge in [-0.05, 0) is 62.2 Å². The lowest BCUT2D eigenvalue weighted by Crippen LogP contribution is -2.27. The van der Waals surface area contributed by atoms with Crippen LogP contribution in [0.2, 0.25) is 0 Å². The molecule has 0 saturated carbocycles. The van der Waals surface area contributed by atoms with Gasteiger partial charge in [-0.15, -0.1) is 0 Å². The van der Waals surface area contributed by atoms with Crippen LogP contribution >= 0.6 is 0 Å². The van der Waals surface area contributed by atoms with Crippen molar-refractivity contribution in [2.75, 3.05) is 12.1 Å². The molecule has 0 fully saturated rings. The van der Waals surface area contributed by atoms with E-state index in [2.05, 4.69) is 31.4 Å². The summed E-state index contributed by atoms with van der Waals surface area (Å²) >= 11 is 0. The van der Waals surface area contributed by atoms with E-state index in [1.54, 1.807) is 12.1 Å². The van der Waals surface area contributed by atoms with Crippen molar-refractivity contribution in [3.05, 3.63) is 77.5 Å². The number of carbonyl (C=O) groups is 1. The first-order valence-electron chi connectivity index (χ1n) is 11.6. The largest absolute Gasteiger partial charge is 0.454 e. The minimum Gasteiger partial charge on any atom is -0.454 e. The van der Waals surface area contributed by atoms with E-state index in [1.165, 1.54) is 0 Å². The van der Waals surface area contributed by atoms with Crippen molar-refractivity contribution in [2.24, 2.45) is 5.73 Å². The molecule has 1 amide bonds. The van der Waals surface area contributed by atoms with E-state index in [9.17, 15) is 4.79 Å². The molecule has 4 aromatic rings. The topological polar surface area (TPSA) is 103 Å². The average Bonchev–Trinajstić information content (AvgIpc) is 3.45. The molecule has 0 saturated heterocycles. The number of nitrogens with two attached hydrogens (primary N) is 1.